The van der Waals surface area contributed by atoms with Crippen molar-refractivity contribution in [2.24, 2.45) is 5.73 Å². The zero-order chi connectivity index (χ0) is 14.0. The summed E-state index contributed by atoms with van der Waals surface area (Å²) in [7, 11) is 1.88. The van der Waals surface area contributed by atoms with Crippen molar-refractivity contribution in [3.8, 4) is 0 Å². The Morgan fingerprint density at radius 3 is 2.30 bits per heavy atom. The maximum atomic E-state index is 12.6. The number of rotatable bonds is 3. The van der Waals surface area contributed by atoms with E-state index in [1.54, 1.807) is 6.92 Å². The molecule has 20 heavy (non-hydrogen) atoms. The van der Waals surface area contributed by atoms with Gasteiger partial charge in [-0.2, -0.15) is 0 Å². The molecule has 1 saturated carbocycles. The van der Waals surface area contributed by atoms with E-state index in [-0.39, 0.29) is 18.3 Å². The van der Waals surface area contributed by atoms with Crippen LogP contribution in [0.1, 0.15) is 38.2 Å². The maximum absolute atomic E-state index is 12.6. The van der Waals surface area contributed by atoms with Gasteiger partial charge in [0.15, 0.2) is 0 Å². The first-order chi connectivity index (χ1) is 8.93. The standard InChI is InChI=1S/C15H21BrN2O.ClH/c1-15(17,11-7-9-12(16)10-8-11)14(19)18(2)13-5-3-4-6-13;/h7-10,13H,3-6,17H2,1-2H3;1H. The third-order valence-corrected chi connectivity index (χ3v) is 4.61. The highest BCUT2D eigenvalue weighted by Crippen LogP contribution is 2.27. The Hall–Kier alpha value is -0.580. The predicted octanol–water partition coefficient (Wildman–Crippen LogP) is 3.45. The number of nitrogens with two attached hydrogens (primary N) is 1. The molecule has 1 aliphatic rings. The Bertz CT molecular complexity index is 455. The Morgan fingerprint density at radius 1 is 1.30 bits per heavy atom. The van der Waals surface area contributed by atoms with Gasteiger partial charge in [-0.25, -0.2) is 0 Å². The Morgan fingerprint density at radius 2 is 1.80 bits per heavy atom. The molecule has 2 rings (SSSR count). The fourth-order valence-electron chi connectivity index (χ4n) is 2.74. The van der Waals surface area contributed by atoms with E-state index in [2.05, 4.69) is 15.9 Å². The van der Waals surface area contributed by atoms with E-state index < -0.39 is 5.54 Å². The van der Waals surface area contributed by atoms with Gasteiger partial charge in [-0.05, 0) is 37.5 Å². The highest BCUT2D eigenvalue weighted by Gasteiger charge is 2.36. The van der Waals surface area contributed by atoms with Gasteiger partial charge in [0.05, 0.1) is 0 Å². The molecule has 0 aromatic heterocycles. The molecule has 0 heterocycles. The summed E-state index contributed by atoms with van der Waals surface area (Å²) in [4.78, 5) is 14.5. The molecule has 1 aliphatic carbocycles. The van der Waals surface area contributed by atoms with Crippen LogP contribution in [0, 0.1) is 0 Å². The molecule has 0 spiro atoms. The second kappa shape index (κ2) is 6.92. The van der Waals surface area contributed by atoms with Crippen LogP contribution >= 0.6 is 28.3 Å². The van der Waals surface area contributed by atoms with Crippen LogP contribution in [0.3, 0.4) is 0 Å². The van der Waals surface area contributed by atoms with Gasteiger partial charge in [0.1, 0.15) is 5.54 Å². The maximum Gasteiger partial charge on any atom is 0.246 e. The van der Waals surface area contributed by atoms with E-state index in [0.29, 0.717) is 6.04 Å². The molecule has 1 fully saturated rings. The van der Waals surface area contributed by atoms with Crippen molar-refractivity contribution in [2.45, 2.75) is 44.2 Å². The quantitative estimate of drug-likeness (QED) is 0.896. The summed E-state index contributed by atoms with van der Waals surface area (Å²) in [6.07, 6.45) is 4.61. The molecule has 5 heteroatoms. The van der Waals surface area contributed by atoms with Crippen molar-refractivity contribution in [3.05, 3.63) is 34.3 Å². The lowest BCUT2D eigenvalue weighted by Gasteiger charge is -2.33. The molecule has 1 aromatic carbocycles. The number of hydrogen-bond acceptors (Lipinski definition) is 2. The second-order valence-electron chi connectivity index (χ2n) is 5.56. The van der Waals surface area contributed by atoms with Crippen LogP contribution in [-0.2, 0) is 10.3 Å². The number of likely N-dealkylation sites (N-methyl/N-ethyl adjacent to an activating group) is 1. The van der Waals surface area contributed by atoms with Gasteiger partial charge in [-0.15, -0.1) is 12.4 Å². The van der Waals surface area contributed by atoms with Crippen molar-refractivity contribution in [2.75, 3.05) is 7.05 Å². The van der Waals surface area contributed by atoms with Crippen molar-refractivity contribution in [1.82, 2.24) is 4.90 Å². The fraction of sp³-hybridized carbons (Fsp3) is 0.533. The summed E-state index contributed by atoms with van der Waals surface area (Å²) < 4.78 is 0.989. The summed E-state index contributed by atoms with van der Waals surface area (Å²) in [6.45, 7) is 1.80. The Balaban J connectivity index is 0.00000200. The molecule has 2 N–H and O–H groups in total. The molecule has 1 amide bonds. The molecule has 0 saturated heterocycles. The molecule has 1 atom stereocenters. The summed E-state index contributed by atoms with van der Waals surface area (Å²) in [5, 5.41) is 0. The number of carbonyl (C=O) groups excluding carboxylic acids is 1. The zero-order valence-corrected chi connectivity index (χ0v) is 14.3. The van der Waals surface area contributed by atoms with Crippen molar-refractivity contribution < 1.29 is 4.79 Å². The van der Waals surface area contributed by atoms with Gasteiger partial charge in [0.2, 0.25) is 5.91 Å². The average molecular weight is 362 g/mol. The number of hydrogen-bond donors (Lipinski definition) is 1. The van der Waals surface area contributed by atoms with Crippen LogP contribution in [0.5, 0.6) is 0 Å². The van der Waals surface area contributed by atoms with E-state index in [0.717, 1.165) is 22.9 Å². The van der Waals surface area contributed by atoms with Gasteiger partial charge >= 0.3 is 0 Å². The SMILES string of the molecule is CN(C(=O)C(C)(N)c1ccc(Br)cc1)C1CCCC1.Cl. The van der Waals surface area contributed by atoms with Crippen LogP contribution in [0.4, 0.5) is 0 Å². The van der Waals surface area contributed by atoms with Crippen molar-refractivity contribution in [1.29, 1.82) is 0 Å². The number of carbonyl (C=O) groups is 1. The van der Waals surface area contributed by atoms with Crippen LogP contribution in [0.15, 0.2) is 28.7 Å². The van der Waals surface area contributed by atoms with Gasteiger partial charge in [0, 0.05) is 17.6 Å². The van der Waals surface area contributed by atoms with Gasteiger partial charge in [0.25, 0.3) is 0 Å². The van der Waals surface area contributed by atoms with E-state index in [1.807, 2.05) is 36.2 Å². The Kier molecular flexibility index (Phi) is 6.05. The molecular formula is C15H22BrClN2O. The number of halogens is 2. The lowest BCUT2D eigenvalue weighted by Crippen LogP contribution is -2.52. The van der Waals surface area contributed by atoms with Crippen molar-refractivity contribution >= 4 is 34.2 Å². The topological polar surface area (TPSA) is 46.3 Å². The molecule has 3 nitrogen and oxygen atoms in total. The molecule has 1 unspecified atom stereocenters. The zero-order valence-electron chi connectivity index (χ0n) is 11.9. The average Bonchev–Trinajstić information content (AvgIpc) is 2.91. The summed E-state index contributed by atoms with van der Waals surface area (Å²) >= 11 is 3.40. The minimum Gasteiger partial charge on any atom is -0.341 e. The third kappa shape index (κ3) is 3.54. The smallest absolute Gasteiger partial charge is 0.246 e. The predicted molar refractivity (Wildman–Crippen MR) is 88.0 cm³/mol. The monoisotopic (exact) mass is 360 g/mol. The van der Waals surface area contributed by atoms with Crippen LogP contribution in [0.2, 0.25) is 0 Å². The fourth-order valence-corrected chi connectivity index (χ4v) is 3.01. The number of amides is 1. The van der Waals surface area contributed by atoms with Gasteiger partial charge in [-0.1, -0.05) is 40.9 Å². The number of benzene rings is 1. The van der Waals surface area contributed by atoms with E-state index in [9.17, 15) is 4.79 Å². The van der Waals surface area contributed by atoms with E-state index in [1.165, 1.54) is 12.8 Å². The summed E-state index contributed by atoms with van der Waals surface area (Å²) in [5.74, 6) is 0.00159. The van der Waals surface area contributed by atoms with Gasteiger partial charge < -0.3 is 10.6 Å². The molecule has 112 valence electrons. The lowest BCUT2D eigenvalue weighted by molar-refractivity contribution is -0.137. The molecule has 0 bridgehead atoms. The molecular weight excluding hydrogens is 340 g/mol. The largest absolute Gasteiger partial charge is 0.341 e. The summed E-state index contributed by atoms with van der Waals surface area (Å²) in [5.41, 5.74) is 6.19. The summed E-state index contributed by atoms with van der Waals surface area (Å²) in [6, 6.07) is 8.01. The molecule has 1 aromatic rings. The highest BCUT2D eigenvalue weighted by molar-refractivity contribution is 9.10. The molecule has 0 radical (unpaired) electrons. The van der Waals surface area contributed by atoms with Crippen molar-refractivity contribution in [3.63, 3.8) is 0 Å². The second-order valence-corrected chi connectivity index (χ2v) is 6.48. The minimum atomic E-state index is -0.960. The highest BCUT2D eigenvalue weighted by atomic mass is 79.9. The van der Waals surface area contributed by atoms with E-state index in [4.69, 9.17) is 5.73 Å². The van der Waals surface area contributed by atoms with Crippen LogP contribution < -0.4 is 5.73 Å². The first kappa shape index (κ1) is 17.5. The first-order valence-corrected chi connectivity index (χ1v) is 7.54. The van der Waals surface area contributed by atoms with Crippen LogP contribution in [-0.4, -0.2) is 23.9 Å². The first-order valence-electron chi connectivity index (χ1n) is 6.75. The minimum absolute atomic E-state index is 0. The third-order valence-electron chi connectivity index (χ3n) is 4.08. The molecule has 0 aliphatic heterocycles. The van der Waals surface area contributed by atoms with E-state index >= 15 is 0 Å². The Labute approximate surface area is 135 Å². The normalized spacial score (nSPS) is 18.2. The van der Waals surface area contributed by atoms with Crippen LogP contribution in [0.25, 0.3) is 0 Å². The lowest BCUT2D eigenvalue weighted by atomic mass is 9.91. The van der Waals surface area contributed by atoms with Gasteiger partial charge in [-0.3, -0.25) is 4.79 Å². The number of nitrogens with zero attached hydrogens (tertiary/aromatic N) is 1.